The molecular weight excluding hydrogens is 322 g/mol. The summed E-state index contributed by atoms with van der Waals surface area (Å²) in [4.78, 5) is 9.54. The first-order chi connectivity index (χ1) is 9.11. The van der Waals surface area contributed by atoms with Gasteiger partial charge >= 0.3 is 0 Å². The third kappa shape index (κ3) is 3.85. The maximum atomic E-state index is 4.82. The summed E-state index contributed by atoms with van der Waals surface area (Å²) in [7, 11) is 0. The van der Waals surface area contributed by atoms with Crippen molar-refractivity contribution >= 4 is 33.5 Å². The highest BCUT2D eigenvalue weighted by Gasteiger charge is 2.23. The highest BCUT2D eigenvalue weighted by Crippen LogP contribution is 2.39. The van der Waals surface area contributed by atoms with E-state index >= 15 is 0 Å². The molecule has 0 amide bonds. The van der Waals surface area contributed by atoms with Crippen molar-refractivity contribution in [2.75, 3.05) is 17.6 Å². The summed E-state index contributed by atoms with van der Waals surface area (Å²) in [5, 5.41) is 3.83. The Balaban J connectivity index is 2.34. The normalized spacial score (nSPS) is 19.1. The van der Waals surface area contributed by atoms with Crippen molar-refractivity contribution in [2.24, 2.45) is 5.92 Å². The molecule has 0 aliphatic carbocycles. The molecule has 1 aliphatic heterocycles. The molecule has 19 heavy (non-hydrogen) atoms. The molecule has 1 aromatic rings. The number of nitrogens with zero attached hydrogens (tertiary/aromatic N) is 2. The van der Waals surface area contributed by atoms with Gasteiger partial charge in [-0.2, -0.15) is 11.8 Å². The van der Waals surface area contributed by atoms with Crippen molar-refractivity contribution in [2.45, 2.75) is 45.3 Å². The average molecular weight is 344 g/mol. The summed E-state index contributed by atoms with van der Waals surface area (Å²) in [6, 6.07) is 0. The summed E-state index contributed by atoms with van der Waals surface area (Å²) >= 11 is 5.65. The van der Waals surface area contributed by atoms with Crippen molar-refractivity contribution < 1.29 is 0 Å². The number of nitrogens with one attached hydrogen (secondary N) is 1. The number of halogens is 1. The van der Waals surface area contributed by atoms with Gasteiger partial charge in [0.2, 0.25) is 0 Å². The maximum Gasteiger partial charge on any atom is 0.144 e. The highest BCUT2D eigenvalue weighted by atomic mass is 79.9. The fraction of sp³-hybridized carbons (Fsp3) is 0.714. The van der Waals surface area contributed by atoms with Crippen molar-refractivity contribution in [3.05, 3.63) is 16.0 Å². The van der Waals surface area contributed by atoms with E-state index in [-0.39, 0.29) is 0 Å². The predicted octanol–water partition coefficient (Wildman–Crippen LogP) is 4.44. The van der Waals surface area contributed by atoms with Crippen LogP contribution in [0.4, 0.5) is 5.82 Å². The minimum absolute atomic E-state index is 0.483. The molecule has 1 fully saturated rings. The Morgan fingerprint density at radius 1 is 1.42 bits per heavy atom. The summed E-state index contributed by atoms with van der Waals surface area (Å²) in [5.74, 6) is 3.80. The molecule has 1 aliphatic rings. The molecule has 106 valence electrons. The molecule has 3 nitrogen and oxygen atoms in total. The van der Waals surface area contributed by atoms with Gasteiger partial charge in [-0.3, -0.25) is 0 Å². The van der Waals surface area contributed by atoms with Crippen LogP contribution < -0.4 is 5.32 Å². The zero-order chi connectivity index (χ0) is 13.8. The van der Waals surface area contributed by atoms with Crippen molar-refractivity contribution in [1.29, 1.82) is 0 Å². The van der Waals surface area contributed by atoms with E-state index in [9.17, 15) is 0 Å². The van der Waals surface area contributed by atoms with Crippen LogP contribution in [0.1, 0.15) is 50.4 Å². The van der Waals surface area contributed by atoms with Crippen molar-refractivity contribution in [3.8, 4) is 0 Å². The zero-order valence-corrected chi connectivity index (χ0v) is 14.3. The Morgan fingerprint density at radius 2 is 2.21 bits per heavy atom. The summed E-state index contributed by atoms with van der Waals surface area (Å²) in [6.45, 7) is 7.44. The molecule has 1 aromatic heterocycles. The second-order valence-corrected chi connectivity index (χ2v) is 7.42. The molecule has 0 spiro atoms. The first-order valence-electron chi connectivity index (χ1n) is 7.03. The summed E-state index contributed by atoms with van der Waals surface area (Å²) in [6.07, 6.45) is 3.48. The minimum Gasteiger partial charge on any atom is -0.369 e. The van der Waals surface area contributed by atoms with Crippen molar-refractivity contribution in [1.82, 2.24) is 9.97 Å². The van der Waals surface area contributed by atoms with Gasteiger partial charge < -0.3 is 5.32 Å². The van der Waals surface area contributed by atoms with Crippen LogP contribution >= 0.6 is 27.7 Å². The fourth-order valence-corrected chi connectivity index (χ4v) is 3.93. The topological polar surface area (TPSA) is 37.8 Å². The third-order valence-electron chi connectivity index (χ3n) is 3.10. The first kappa shape index (κ1) is 15.1. The van der Waals surface area contributed by atoms with Gasteiger partial charge in [0.25, 0.3) is 0 Å². The number of hydrogen-bond acceptors (Lipinski definition) is 4. The van der Waals surface area contributed by atoms with E-state index < -0.39 is 0 Å². The lowest BCUT2D eigenvalue weighted by Crippen LogP contribution is -2.10. The van der Waals surface area contributed by atoms with Crippen LogP contribution in [0.25, 0.3) is 0 Å². The molecule has 1 atom stereocenters. The lowest BCUT2D eigenvalue weighted by Gasteiger charge is -2.15. The van der Waals surface area contributed by atoms with Gasteiger partial charge in [0, 0.05) is 6.54 Å². The van der Waals surface area contributed by atoms with Gasteiger partial charge in [-0.25, -0.2) is 9.97 Å². The molecule has 1 saturated heterocycles. The van der Waals surface area contributed by atoms with Crippen LogP contribution in [0.3, 0.4) is 0 Å². The number of hydrogen-bond donors (Lipinski definition) is 1. The second-order valence-electron chi connectivity index (χ2n) is 5.32. The second kappa shape index (κ2) is 6.93. The van der Waals surface area contributed by atoms with E-state index in [1.807, 2.05) is 11.8 Å². The standard InChI is InChI=1S/C14H22BrN3S/c1-4-16-14-12(15)10(8-9(2)3)17-13(18-14)11-6-5-7-19-11/h9,11H,4-8H2,1-3H3,(H,16,17,18). The third-order valence-corrected chi connectivity index (χ3v) is 5.31. The molecule has 0 aromatic carbocycles. The molecule has 1 unspecified atom stereocenters. The lowest BCUT2D eigenvalue weighted by atomic mass is 10.1. The van der Waals surface area contributed by atoms with Crippen LogP contribution in [0, 0.1) is 5.92 Å². The van der Waals surface area contributed by atoms with Gasteiger partial charge in [-0.1, -0.05) is 13.8 Å². The molecule has 0 bridgehead atoms. The monoisotopic (exact) mass is 343 g/mol. The van der Waals surface area contributed by atoms with Gasteiger partial charge in [0.15, 0.2) is 0 Å². The van der Waals surface area contributed by atoms with E-state index in [1.54, 1.807) is 0 Å². The zero-order valence-electron chi connectivity index (χ0n) is 11.9. The smallest absolute Gasteiger partial charge is 0.144 e. The van der Waals surface area contributed by atoms with E-state index in [0.29, 0.717) is 11.2 Å². The van der Waals surface area contributed by atoms with Crippen LogP contribution in [0.5, 0.6) is 0 Å². The maximum absolute atomic E-state index is 4.82. The van der Waals surface area contributed by atoms with E-state index in [0.717, 1.165) is 34.8 Å². The number of thioether (sulfide) groups is 1. The largest absolute Gasteiger partial charge is 0.369 e. The van der Waals surface area contributed by atoms with Gasteiger partial charge in [0.1, 0.15) is 11.6 Å². The van der Waals surface area contributed by atoms with Gasteiger partial charge in [-0.05, 0) is 53.8 Å². The van der Waals surface area contributed by atoms with E-state index in [4.69, 9.17) is 9.97 Å². The molecule has 5 heteroatoms. The lowest BCUT2D eigenvalue weighted by molar-refractivity contribution is 0.625. The number of rotatable bonds is 5. The molecule has 0 radical (unpaired) electrons. The Hall–Kier alpha value is -0.290. The van der Waals surface area contributed by atoms with Crippen LogP contribution in [0.2, 0.25) is 0 Å². The van der Waals surface area contributed by atoms with Gasteiger partial charge in [-0.15, -0.1) is 0 Å². The molecule has 2 rings (SSSR count). The Labute approximate surface area is 128 Å². The van der Waals surface area contributed by atoms with E-state index in [1.165, 1.54) is 18.6 Å². The fourth-order valence-electron chi connectivity index (χ4n) is 2.24. The number of aromatic nitrogens is 2. The van der Waals surface area contributed by atoms with Crippen molar-refractivity contribution in [3.63, 3.8) is 0 Å². The first-order valence-corrected chi connectivity index (χ1v) is 8.87. The Kier molecular flexibility index (Phi) is 5.51. The predicted molar refractivity (Wildman–Crippen MR) is 86.9 cm³/mol. The number of anilines is 1. The summed E-state index contributed by atoms with van der Waals surface area (Å²) < 4.78 is 1.04. The Morgan fingerprint density at radius 3 is 2.79 bits per heavy atom. The quantitative estimate of drug-likeness (QED) is 0.857. The minimum atomic E-state index is 0.483. The highest BCUT2D eigenvalue weighted by molar-refractivity contribution is 9.10. The SMILES string of the molecule is CCNc1nc(C2CCCS2)nc(CC(C)C)c1Br. The molecule has 1 N–H and O–H groups in total. The van der Waals surface area contributed by atoms with Gasteiger partial charge in [0.05, 0.1) is 15.4 Å². The van der Waals surface area contributed by atoms with Crippen LogP contribution in [-0.2, 0) is 6.42 Å². The molecule has 0 saturated carbocycles. The van der Waals surface area contributed by atoms with Crippen LogP contribution in [-0.4, -0.2) is 22.3 Å². The Bertz CT molecular complexity index is 431. The average Bonchev–Trinajstić information content (AvgIpc) is 2.87. The van der Waals surface area contributed by atoms with E-state index in [2.05, 4.69) is 42.0 Å². The molecular formula is C14H22BrN3S. The molecule has 2 heterocycles. The van der Waals surface area contributed by atoms with Crippen LogP contribution in [0.15, 0.2) is 4.47 Å². The summed E-state index contributed by atoms with van der Waals surface area (Å²) in [5.41, 5.74) is 1.14.